The number of amides is 2. The van der Waals surface area contributed by atoms with Gasteiger partial charge < -0.3 is 15.0 Å². The summed E-state index contributed by atoms with van der Waals surface area (Å²) in [5.74, 6) is 0.523. The second kappa shape index (κ2) is 9.76. The van der Waals surface area contributed by atoms with Crippen molar-refractivity contribution in [2.24, 2.45) is 11.8 Å². The Morgan fingerprint density at radius 1 is 1.04 bits per heavy atom. The summed E-state index contributed by atoms with van der Waals surface area (Å²) >= 11 is 0. The zero-order valence-corrected chi connectivity index (χ0v) is 17.9. The maximum Gasteiger partial charge on any atom is 0.258 e. The third-order valence-corrected chi connectivity index (χ3v) is 5.24. The molecule has 0 saturated heterocycles. The fourth-order valence-electron chi connectivity index (χ4n) is 3.55. The largest absolute Gasteiger partial charge is 0.490 e. The number of nitrogens with zero attached hydrogens (tertiary/aromatic N) is 1. The topological polar surface area (TPSA) is 58.6 Å². The SMILES string of the molecule is CC(C)[C@H]1C(=O)N[C@@H](C(C)C)C/C=C\C[C@@H](C)Oc2ccccc2C(=O)N1C. The van der Waals surface area contributed by atoms with Crippen molar-refractivity contribution in [3.63, 3.8) is 0 Å². The summed E-state index contributed by atoms with van der Waals surface area (Å²) in [5.41, 5.74) is 0.483. The first-order valence-corrected chi connectivity index (χ1v) is 10.2. The molecule has 0 spiro atoms. The number of carbonyl (C=O) groups is 2. The molecule has 0 saturated carbocycles. The molecule has 1 aromatic carbocycles. The third kappa shape index (κ3) is 5.37. The summed E-state index contributed by atoms with van der Waals surface area (Å²) < 4.78 is 6.06. The zero-order valence-electron chi connectivity index (χ0n) is 17.9. The first-order chi connectivity index (χ1) is 13.2. The van der Waals surface area contributed by atoms with Gasteiger partial charge in [-0.1, -0.05) is 52.0 Å². The molecule has 154 valence electrons. The Morgan fingerprint density at radius 3 is 2.32 bits per heavy atom. The maximum absolute atomic E-state index is 13.2. The molecule has 1 N–H and O–H groups in total. The van der Waals surface area contributed by atoms with Crippen LogP contribution in [0.4, 0.5) is 0 Å². The van der Waals surface area contributed by atoms with Crippen LogP contribution in [0.25, 0.3) is 0 Å². The number of para-hydroxylation sites is 1. The average Bonchev–Trinajstić information content (AvgIpc) is 2.63. The predicted molar refractivity (Wildman–Crippen MR) is 112 cm³/mol. The Hall–Kier alpha value is -2.30. The molecule has 0 bridgehead atoms. The number of rotatable bonds is 2. The van der Waals surface area contributed by atoms with Crippen LogP contribution in [0.15, 0.2) is 36.4 Å². The van der Waals surface area contributed by atoms with Crippen LogP contribution in [0.1, 0.15) is 57.8 Å². The van der Waals surface area contributed by atoms with Gasteiger partial charge in [-0.05, 0) is 37.3 Å². The monoisotopic (exact) mass is 386 g/mol. The number of likely N-dealkylation sites (N-methyl/N-ethyl adjacent to an activating group) is 1. The van der Waals surface area contributed by atoms with Crippen molar-refractivity contribution >= 4 is 11.8 Å². The second-order valence-corrected chi connectivity index (χ2v) is 8.33. The van der Waals surface area contributed by atoms with E-state index in [1.54, 1.807) is 18.0 Å². The first kappa shape index (κ1) is 22.0. The van der Waals surface area contributed by atoms with E-state index in [0.717, 1.165) is 12.8 Å². The van der Waals surface area contributed by atoms with Gasteiger partial charge in [-0.25, -0.2) is 0 Å². The Labute approximate surface area is 169 Å². The van der Waals surface area contributed by atoms with Crippen molar-refractivity contribution < 1.29 is 14.3 Å². The van der Waals surface area contributed by atoms with Gasteiger partial charge in [0.05, 0.1) is 11.7 Å². The Morgan fingerprint density at radius 2 is 1.68 bits per heavy atom. The second-order valence-electron chi connectivity index (χ2n) is 8.33. The lowest BCUT2D eigenvalue weighted by atomic mass is 9.96. The van der Waals surface area contributed by atoms with E-state index in [9.17, 15) is 9.59 Å². The Bertz CT molecular complexity index is 712. The van der Waals surface area contributed by atoms with Gasteiger partial charge in [0.15, 0.2) is 0 Å². The molecule has 2 rings (SSSR count). The van der Waals surface area contributed by atoms with E-state index >= 15 is 0 Å². The van der Waals surface area contributed by atoms with Crippen LogP contribution < -0.4 is 10.1 Å². The van der Waals surface area contributed by atoms with E-state index in [4.69, 9.17) is 4.74 Å². The normalized spacial score (nSPS) is 25.7. The number of carbonyl (C=O) groups excluding carboxylic acids is 2. The molecule has 1 aliphatic rings. The highest BCUT2D eigenvalue weighted by atomic mass is 16.5. The standard InChI is InChI=1S/C23H34N2O3/c1-15(2)19-13-9-7-11-17(5)28-20-14-10-8-12-18(20)23(27)25(6)21(16(3)4)22(26)24-19/h7-10,12,14-17,19,21H,11,13H2,1-6H3,(H,24,26)/b9-7-/t17-,19-,21+/m1/s1. The van der Waals surface area contributed by atoms with Crippen LogP contribution in [-0.4, -0.2) is 41.9 Å². The minimum atomic E-state index is -0.550. The zero-order chi connectivity index (χ0) is 20.8. The number of nitrogens with one attached hydrogen (secondary N) is 1. The fourth-order valence-corrected chi connectivity index (χ4v) is 3.55. The molecule has 0 unspecified atom stereocenters. The van der Waals surface area contributed by atoms with Crippen LogP contribution in [-0.2, 0) is 4.79 Å². The first-order valence-electron chi connectivity index (χ1n) is 10.2. The van der Waals surface area contributed by atoms with Crippen molar-refractivity contribution in [3.05, 3.63) is 42.0 Å². The number of ether oxygens (including phenoxy) is 1. The predicted octanol–water partition coefficient (Wildman–Crippen LogP) is 4.04. The smallest absolute Gasteiger partial charge is 0.258 e. The maximum atomic E-state index is 13.2. The summed E-state index contributed by atoms with van der Waals surface area (Å²) in [6.07, 6.45) is 5.66. The average molecular weight is 387 g/mol. The lowest BCUT2D eigenvalue weighted by Gasteiger charge is -2.33. The van der Waals surface area contributed by atoms with Crippen molar-refractivity contribution in [1.29, 1.82) is 0 Å². The summed E-state index contributed by atoms with van der Waals surface area (Å²) in [6, 6.07) is 6.73. The number of benzene rings is 1. The quantitative estimate of drug-likeness (QED) is 0.781. The summed E-state index contributed by atoms with van der Waals surface area (Å²) in [6.45, 7) is 10.1. The van der Waals surface area contributed by atoms with Crippen LogP contribution in [0, 0.1) is 11.8 Å². The molecule has 5 heteroatoms. The minimum absolute atomic E-state index is 0.0165. The highest BCUT2D eigenvalue weighted by Crippen LogP contribution is 2.24. The molecule has 0 radical (unpaired) electrons. The van der Waals surface area contributed by atoms with Crippen molar-refractivity contribution in [1.82, 2.24) is 10.2 Å². The summed E-state index contributed by atoms with van der Waals surface area (Å²) in [4.78, 5) is 27.9. The van der Waals surface area contributed by atoms with Gasteiger partial charge in [-0.3, -0.25) is 9.59 Å². The van der Waals surface area contributed by atoms with Crippen LogP contribution in [0.5, 0.6) is 5.75 Å². The van der Waals surface area contributed by atoms with E-state index in [0.29, 0.717) is 17.2 Å². The molecule has 28 heavy (non-hydrogen) atoms. The molecule has 5 nitrogen and oxygen atoms in total. The van der Waals surface area contributed by atoms with Gasteiger partial charge in [0.2, 0.25) is 5.91 Å². The van der Waals surface area contributed by atoms with Gasteiger partial charge in [-0.15, -0.1) is 0 Å². The molecular weight excluding hydrogens is 352 g/mol. The third-order valence-electron chi connectivity index (χ3n) is 5.24. The molecular formula is C23H34N2O3. The summed E-state index contributed by atoms with van der Waals surface area (Å²) in [7, 11) is 1.70. The molecule has 2 amide bonds. The molecule has 1 aliphatic heterocycles. The summed E-state index contributed by atoms with van der Waals surface area (Å²) in [5, 5.41) is 3.17. The highest BCUT2D eigenvalue weighted by Gasteiger charge is 2.33. The highest BCUT2D eigenvalue weighted by molar-refractivity contribution is 5.99. The molecule has 0 aromatic heterocycles. The van der Waals surface area contributed by atoms with Gasteiger partial charge in [0.25, 0.3) is 5.91 Å². The van der Waals surface area contributed by atoms with Gasteiger partial charge >= 0.3 is 0 Å². The van der Waals surface area contributed by atoms with Gasteiger partial charge in [0, 0.05) is 19.5 Å². The van der Waals surface area contributed by atoms with E-state index in [1.807, 2.05) is 39.0 Å². The van der Waals surface area contributed by atoms with E-state index in [2.05, 4.69) is 31.3 Å². The number of fused-ring (bicyclic) bond motifs is 1. The molecule has 1 aromatic rings. The van der Waals surface area contributed by atoms with E-state index in [-0.39, 0.29) is 29.9 Å². The van der Waals surface area contributed by atoms with Gasteiger partial charge in [0.1, 0.15) is 11.8 Å². The van der Waals surface area contributed by atoms with Crippen molar-refractivity contribution in [3.8, 4) is 5.75 Å². The van der Waals surface area contributed by atoms with Crippen LogP contribution in [0.2, 0.25) is 0 Å². The van der Waals surface area contributed by atoms with Crippen molar-refractivity contribution in [2.75, 3.05) is 7.05 Å². The number of hydrogen-bond acceptors (Lipinski definition) is 3. The molecule has 1 heterocycles. The Balaban J connectivity index is 2.45. The Kier molecular flexibility index (Phi) is 7.67. The van der Waals surface area contributed by atoms with E-state index < -0.39 is 6.04 Å². The van der Waals surface area contributed by atoms with Crippen LogP contribution in [0.3, 0.4) is 0 Å². The van der Waals surface area contributed by atoms with Crippen molar-refractivity contribution in [2.45, 2.75) is 65.6 Å². The number of hydrogen-bond donors (Lipinski definition) is 1. The van der Waals surface area contributed by atoms with E-state index in [1.165, 1.54) is 0 Å². The minimum Gasteiger partial charge on any atom is -0.490 e. The molecule has 3 atom stereocenters. The van der Waals surface area contributed by atoms with Crippen LogP contribution >= 0.6 is 0 Å². The molecule has 0 fully saturated rings. The lowest BCUT2D eigenvalue weighted by Crippen LogP contribution is -2.53. The fraction of sp³-hybridized carbons (Fsp3) is 0.565. The lowest BCUT2D eigenvalue weighted by molar-refractivity contribution is -0.127. The van der Waals surface area contributed by atoms with Gasteiger partial charge in [-0.2, -0.15) is 0 Å². The molecule has 0 aliphatic carbocycles.